The van der Waals surface area contributed by atoms with Crippen LogP contribution in [-0.2, 0) is 4.79 Å². The minimum atomic E-state index is -0.267. The first kappa shape index (κ1) is 14.3. The molecule has 20 heavy (non-hydrogen) atoms. The molecule has 6 nitrogen and oxygen atoms in total. The number of amides is 2. The van der Waals surface area contributed by atoms with Crippen LogP contribution in [0.1, 0.15) is 16.6 Å². The van der Waals surface area contributed by atoms with Crippen LogP contribution in [0.2, 0.25) is 0 Å². The SMILES string of the molecule is CCNC(=O)CN(C)C(=O)c1sc2ncccc2c1N. The van der Waals surface area contributed by atoms with Gasteiger partial charge in [-0.2, -0.15) is 0 Å². The lowest BCUT2D eigenvalue weighted by Crippen LogP contribution is -2.38. The molecule has 0 atom stereocenters. The number of pyridine rings is 1. The Kier molecular flexibility index (Phi) is 4.19. The molecule has 3 N–H and O–H groups in total. The fourth-order valence-electron chi connectivity index (χ4n) is 1.82. The Morgan fingerprint density at radius 3 is 2.90 bits per heavy atom. The minimum absolute atomic E-state index is 0.00773. The average molecular weight is 292 g/mol. The van der Waals surface area contributed by atoms with Crippen LogP contribution >= 0.6 is 11.3 Å². The zero-order chi connectivity index (χ0) is 14.7. The van der Waals surface area contributed by atoms with Gasteiger partial charge < -0.3 is 16.0 Å². The number of nitrogen functional groups attached to an aromatic ring is 1. The Morgan fingerprint density at radius 2 is 2.25 bits per heavy atom. The number of fused-ring (bicyclic) bond motifs is 1. The lowest BCUT2D eigenvalue weighted by molar-refractivity contribution is -0.121. The Hall–Kier alpha value is -2.15. The quantitative estimate of drug-likeness (QED) is 0.883. The third kappa shape index (κ3) is 2.72. The van der Waals surface area contributed by atoms with Gasteiger partial charge in [0.05, 0.1) is 12.2 Å². The number of hydrogen-bond acceptors (Lipinski definition) is 5. The third-order valence-electron chi connectivity index (χ3n) is 2.80. The van der Waals surface area contributed by atoms with Crippen molar-refractivity contribution in [1.82, 2.24) is 15.2 Å². The van der Waals surface area contributed by atoms with Crippen LogP contribution < -0.4 is 11.1 Å². The van der Waals surface area contributed by atoms with Gasteiger partial charge in [-0.05, 0) is 19.1 Å². The standard InChI is InChI=1S/C13H16N4O2S/c1-3-15-9(18)7-17(2)13(19)11-10(14)8-5-4-6-16-12(8)20-11/h4-6H,3,7,14H2,1-2H3,(H,15,18). The van der Waals surface area contributed by atoms with E-state index >= 15 is 0 Å². The van der Waals surface area contributed by atoms with Crippen molar-refractivity contribution in [1.29, 1.82) is 0 Å². The molecular formula is C13H16N4O2S. The van der Waals surface area contributed by atoms with E-state index in [1.165, 1.54) is 16.2 Å². The molecule has 0 aliphatic rings. The summed E-state index contributed by atoms with van der Waals surface area (Å²) in [7, 11) is 1.58. The van der Waals surface area contributed by atoms with E-state index in [1.54, 1.807) is 19.3 Å². The van der Waals surface area contributed by atoms with E-state index in [0.717, 1.165) is 10.2 Å². The number of thiophene rings is 1. The highest BCUT2D eigenvalue weighted by atomic mass is 32.1. The van der Waals surface area contributed by atoms with Gasteiger partial charge in [0.15, 0.2) is 0 Å². The van der Waals surface area contributed by atoms with Gasteiger partial charge in [-0.15, -0.1) is 11.3 Å². The highest BCUT2D eigenvalue weighted by Crippen LogP contribution is 2.32. The maximum absolute atomic E-state index is 12.3. The second-order valence-corrected chi connectivity index (χ2v) is 5.31. The number of nitrogens with one attached hydrogen (secondary N) is 1. The van der Waals surface area contributed by atoms with Crippen molar-refractivity contribution in [2.45, 2.75) is 6.92 Å². The molecular weight excluding hydrogens is 276 g/mol. The largest absolute Gasteiger partial charge is 0.397 e. The van der Waals surface area contributed by atoms with Gasteiger partial charge in [-0.25, -0.2) is 4.98 Å². The molecule has 0 aliphatic carbocycles. The Morgan fingerprint density at radius 1 is 1.50 bits per heavy atom. The summed E-state index contributed by atoms with van der Waals surface area (Å²) in [5.74, 6) is -0.460. The van der Waals surface area contributed by atoms with E-state index in [9.17, 15) is 9.59 Å². The van der Waals surface area contributed by atoms with E-state index in [0.29, 0.717) is 17.1 Å². The van der Waals surface area contributed by atoms with Gasteiger partial charge in [0, 0.05) is 25.2 Å². The number of nitrogens with zero attached hydrogens (tertiary/aromatic N) is 2. The zero-order valence-electron chi connectivity index (χ0n) is 11.3. The maximum atomic E-state index is 12.3. The molecule has 0 bridgehead atoms. The summed E-state index contributed by atoms with van der Waals surface area (Å²) in [5, 5.41) is 3.42. The molecule has 0 radical (unpaired) electrons. The van der Waals surface area contributed by atoms with Crippen LogP contribution in [0.15, 0.2) is 18.3 Å². The van der Waals surface area contributed by atoms with Crippen molar-refractivity contribution in [2.24, 2.45) is 0 Å². The van der Waals surface area contributed by atoms with Crippen LogP contribution in [0.4, 0.5) is 5.69 Å². The number of carbonyl (C=O) groups excluding carboxylic acids is 2. The fraction of sp³-hybridized carbons (Fsp3) is 0.308. The van der Waals surface area contributed by atoms with Crippen molar-refractivity contribution >= 4 is 39.1 Å². The maximum Gasteiger partial charge on any atom is 0.266 e. The van der Waals surface area contributed by atoms with E-state index in [4.69, 9.17) is 5.73 Å². The predicted octanol–water partition coefficient (Wildman–Crippen LogP) is 1.09. The average Bonchev–Trinajstić information content (AvgIpc) is 2.76. The summed E-state index contributed by atoms with van der Waals surface area (Å²) in [6.07, 6.45) is 1.66. The summed E-state index contributed by atoms with van der Waals surface area (Å²) in [4.78, 5) is 30.5. The monoisotopic (exact) mass is 292 g/mol. The van der Waals surface area contributed by atoms with E-state index in [2.05, 4.69) is 10.3 Å². The number of rotatable bonds is 4. The number of likely N-dealkylation sites (N-methyl/N-ethyl adjacent to an activating group) is 2. The predicted molar refractivity (Wildman–Crippen MR) is 79.7 cm³/mol. The van der Waals surface area contributed by atoms with Crippen LogP contribution in [0.25, 0.3) is 10.2 Å². The lowest BCUT2D eigenvalue weighted by Gasteiger charge is -2.15. The molecule has 2 aromatic heterocycles. The van der Waals surface area contributed by atoms with Gasteiger partial charge in [-0.1, -0.05) is 0 Å². The molecule has 0 spiro atoms. The van der Waals surface area contributed by atoms with E-state index in [-0.39, 0.29) is 18.4 Å². The molecule has 0 aliphatic heterocycles. The normalized spacial score (nSPS) is 10.5. The van der Waals surface area contributed by atoms with Crippen molar-refractivity contribution in [3.63, 3.8) is 0 Å². The number of carbonyl (C=O) groups is 2. The van der Waals surface area contributed by atoms with Crippen molar-refractivity contribution < 1.29 is 9.59 Å². The summed E-state index contributed by atoms with van der Waals surface area (Å²) < 4.78 is 0. The molecule has 106 valence electrons. The molecule has 2 heterocycles. The summed E-state index contributed by atoms with van der Waals surface area (Å²) in [6, 6.07) is 3.60. The first-order valence-electron chi connectivity index (χ1n) is 6.19. The molecule has 0 saturated carbocycles. The zero-order valence-corrected chi connectivity index (χ0v) is 12.2. The first-order chi connectivity index (χ1) is 9.54. The van der Waals surface area contributed by atoms with Crippen molar-refractivity contribution in [2.75, 3.05) is 25.9 Å². The van der Waals surface area contributed by atoms with Crippen LogP contribution in [-0.4, -0.2) is 41.8 Å². The molecule has 0 fully saturated rings. The molecule has 0 saturated heterocycles. The number of nitrogens with two attached hydrogens (primary N) is 1. The summed E-state index contributed by atoms with van der Waals surface area (Å²) >= 11 is 1.24. The highest BCUT2D eigenvalue weighted by molar-refractivity contribution is 7.21. The Labute approximate surface area is 120 Å². The second kappa shape index (κ2) is 5.87. The van der Waals surface area contributed by atoms with Crippen molar-refractivity contribution in [3.05, 3.63) is 23.2 Å². The first-order valence-corrected chi connectivity index (χ1v) is 7.01. The van der Waals surface area contributed by atoms with Gasteiger partial charge >= 0.3 is 0 Å². The fourth-order valence-corrected chi connectivity index (χ4v) is 2.88. The number of hydrogen-bond donors (Lipinski definition) is 2. The van der Waals surface area contributed by atoms with Gasteiger partial charge in [0.25, 0.3) is 5.91 Å². The Bertz CT molecular complexity index is 653. The lowest BCUT2D eigenvalue weighted by atomic mass is 10.2. The van der Waals surface area contributed by atoms with Gasteiger partial charge in [0.2, 0.25) is 5.91 Å². The Balaban J connectivity index is 2.22. The summed E-state index contributed by atoms with van der Waals surface area (Å²) in [5.41, 5.74) is 6.41. The molecule has 2 rings (SSSR count). The third-order valence-corrected chi connectivity index (χ3v) is 3.92. The van der Waals surface area contributed by atoms with Crippen LogP contribution in [0, 0.1) is 0 Å². The molecule has 2 amide bonds. The topological polar surface area (TPSA) is 88.3 Å². The second-order valence-electron chi connectivity index (χ2n) is 4.32. The molecule has 0 aromatic carbocycles. The molecule has 7 heteroatoms. The number of aromatic nitrogens is 1. The van der Waals surface area contributed by atoms with Crippen molar-refractivity contribution in [3.8, 4) is 0 Å². The molecule has 2 aromatic rings. The van der Waals surface area contributed by atoms with Crippen LogP contribution in [0.5, 0.6) is 0 Å². The molecule has 0 unspecified atom stereocenters. The summed E-state index contributed by atoms with van der Waals surface area (Å²) in [6.45, 7) is 2.37. The smallest absolute Gasteiger partial charge is 0.266 e. The minimum Gasteiger partial charge on any atom is -0.397 e. The van der Waals surface area contributed by atoms with Gasteiger partial charge in [-0.3, -0.25) is 9.59 Å². The van der Waals surface area contributed by atoms with Gasteiger partial charge in [0.1, 0.15) is 9.71 Å². The number of anilines is 1. The van der Waals surface area contributed by atoms with E-state index < -0.39 is 0 Å². The highest BCUT2D eigenvalue weighted by Gasteiger charge is 2.21. The van der Waals surface area contributed by atoms with Crippen LogP contribution in [0.3, 0.4) is 0 Å². The van der Waals surface area contributed by atoms with E-state index in [1.807, 2.05) is 13.0 Å².